The van der Waals surface area contributed by atoms with Gasteiger partial charge in [-0.15, -0.1) is 10.2 Å². The SMILES string of the molecule is Cn1c(SCC(=O)NCc2ccccc2)nnc1C1CCCNC1. The zero-order valence-electron chi connectivity index (χ0n) is 13.9. The summed E-state index contributed by atoms with van der Waals surface area (Å²) >= 11 is 1.43. The largest absolute Gasteiger partial charge is 0.351 e. The number of piperidine rings is 1. The van der Waals surface area contributed by atoms with Gasteiger partial charge in [-0.2, -0.15) is 0 Å². The van der Waals surface area contributed by atoms with E-state index in [4.69, 9.17) is 0 Å². The molecule has 1 aromatic heterocycles. The zero-order valence-corrected chi connectivity index (χ0v) is 14.7. The first-order valence-corrected chi connectivity index (χ1v) is 9.26. The molecule has 1 aliphatic rings. The minimum atomic E-state index is 0.00716. The van der Waals surface area contributed by atoms with E-state index in [1.165, 1.54) is 18.2 Å². The van der Waals surface area contributed by atoms with Gasteiger partial charge in [0.05, 0.1) is 5.75 Å². The van der Waals surface area contributed by atoms with Crippen LogP contribution in [0.2, 0.25) is 0 Å². The predicted molar refractivity (Wildman–Crippen MR) is 94.9 cm³/mol. The van der Waals surface area contributed by atoms with E-state index in [0.29, 0.717) is 18.2 Å². The minimum Gasteiger partial charge on any atom is -0.351 e. The number of aromatic nitrogens is 3. The Kier molecular flexibility index (Phi) is 5.87. The van der Waals surface area contributed by atoms with Crippen molar-refractivity contribution in [3.05, 3.63) is 41.7 Å². The number of thioether (sulfide) groups is 1. The van der Waals surface area contributed by atoms with Gasteiger partial charge in [0.25, 0.3) is 0 Å². The first kappa shape index (κ1) is 17.0. The van der Waals surface area contributed by atoms with Gasteiger partial charge in [-0.05, 0) is 24.9 Å². The van der Waals surface area contributed by atoms with Crippen LogP contribution in [0.25, 0.3) is 0 Å². The van der Waals surface area contributed by atoms with Crippen LogP contribution in [-0.4, -0.2) is 39.5 Å². The Balaban J connectivity index is 1.49. The van der Waals surface area contributed by atoms with Gasteiger partial charge in [-0.25, -0.2) is 0 Å². The molecule has 3 rings (SSSR count). The predicted octanol–water partition coefficient (Wildman–Crippen LogP) is 1.69. The highest BCUT2D eigenvalue weighted by Crippen LogP contribution is 2.24. The van der Waals surface area contributed by atoms with Gasteiger partial charge >= 0.3 is 0 Å². The van der Waals surface area contributed by atoms with E-state index in [1.807, 2.05) is 41.9 Å². The van der Waals surface area contributed by atoms with Crippen LogP contribution in [0.15, 0.2) is 35.5 Å². The first-order chi connectivity index (χ1) is 11.7. The summed E-state index contributed by atoms with van der Waals surface area (Å²) in [5.41, 5.74) is 1.10. The fourth-order valence-corrected chi connectivity index (χ4v) is 3.61. The number of carbonyl (C=O) groups excluding carboxylic acids is 1. The lowest BCUT2D eigenvalue weighted by atomic mass is 9.99. The Morgan fingerprint density at radius 3 is 2.96 bits per heavy atom. The van der Waals surface area contributed by atoms with Crippen molar-refractivity contribution in [2.45, 2.75) is 30.5 Å². The van der Waals surface area contributed by atoms with Crippen molar-refractivity contribution in [3.8, 4) is 0 Å². The number of benzene rings is 1. The highest BCUT2D eigenvalue weighted by atomic mass is 32.2. The van der Waals surface area contributed by atoms with Crippen molar-refractivity contribution in [2.24, 2.45) is 7.05 Å². The second kappa shape index (κ2) is 8.30. The van der Waals surface area contributed by atoms with E-state index in [9.17, 15) is 4.79 Å². The van der Waals surface area contributed by atoms with Gasteiger partial charge in [-0.1, -0.05) is 42.1 Å². The maximum Gasteiger partial charge on any atom is 0.230 e. The van der Waals surface area contributed by atoms with Crippen molar-refractivity contribution in [3.63, 3.8) is 0 Å². The molecule has 2 heterocycles. The molecule has 128 valence electrons. The summed E-state index contributed by atoms with van der Waals surface area (Å²) in [6.45, 7) is 2.59. The van der Waals surface area contributed by atoms with Crippen molar-refractivity contribution in [1.82, 2.24) is 25.4 Å². The van der Waals surface area contributed by atoms with E-state index >= 15 is 0 Å². The van der Waals surface area contributed by atoms with E-state index < -0.39 is 0 Å². The molecule has 24 heavy (non-hydrogen) atoms. The summed E-state index contributed by atoms with van der Waals surface area (Å²) in [7, 11) is 1.98. The van der Waals surface area contributed by atoms with E-state index in [1.54, 1.807) is 0 Å². The van der Waals surface area contributed by atoms with Crippen LogP contribution in [0.3, 0.4) is 0 Å². The summed E-state index contributed by atoms with van der Waals surface area (Å²) in [6.07, 6.45) is 2.31. The molecule has 1 amide bonds. The topological polar surface area (TPSA) is 71.8 Å². The Morgan fingerprint density at radius 2 is 2.21 bits per heavy atom. The summed E-state index contributed by atoms with van der Waals surface area (Å²) in [6, 6.07) is 9.91. The number of hydrogen-bond acceptors (Lipinski definition) is 5. The van der Waals surface area contributed by atoms with Crippen LogP contribution in [-0.2, 0) is 18.4 Å². The quantitative estimate of drug-likeness (QED) is 0.780. The van der Waals surface area contributed by atoms with Crippen LogP contribution < -0.4 is 10.6 Å². The molecule has 2 aromatic rings. The fourth-order valence-electron chi connectivity index (χ4n) is 2.86. The molecule has 0 aliphatic carbocycles. The van der Waals surface area contributed by atoms with Gasteiger partial charge in [0, 0.05) is 26.1 Å². The molecule has 6 nitrogen and oxygen atoms in total. The molecule has 0 spiro atoms. The van der Waals surface area contributed by atoms with Crippen LogP contribution >= 0.6 is 11.8 Å². The standard InChI is InChI=1S/C17H23N5OS/c1-22-16(14-8-5-9-18-11-14)20-21-17(22)24-12-15(23)19-10-13-6-3-2-4-7-13/h2-4,6-7,14,18H,5,8-12H2,1H3,(H,19,23). The monoisotopic (exact) mass is 345 g/mol. The maximum atomic E-state index is 12.0. The maximum absolute atomic E-state index is 12.0. The van der Waals surface area contributed by atoms with Crippen molar-refractivity contribution >= 4 is 17.7 Å². The number of nitrogens with one attached hydrogen (secondary N) is 2. The number of rotatable bonds is 6. The molecular weight excluding hydrogens is 322 g/mol. The molecule has 0 radical (unpaired) electrons. The van der Waals surface area contributed by atoms with Gasteiger partial charge in [-0.3, -0.25) is 4.79 Å². The molecule has 7 heteroatoms. The Labute approximate surface area is 146 Å². The lowest BCUT2D eigenvalue weighted by molar-refractivity contribution is -0.118. The summed E-state index contributed by atoms with van der Waals surface area (Å²) in [5.74, 6) is 1.78. The zero-order chi connectivity index (χ0) is 16.8. The van der Waals surface area contributed by atoms with E-state index in [0.717, 1.165) is 36.1 Å². The summed E-state index contributed by atoms with van der Waals surface area (Å²) in [4.78, 5) is 12.0. The molecule has 1 atom stereocenters. The fraction of sp³-hybridized carbons (Fsp3) is 0.471. The number of nitrogens with zero attached hydrogens (tertiary/aromatic N) is 3. The van der Waals surface area contributed by atoms with Crippen LogP contribution in [0.5, 0.6) is 0 Å². The second-order valence-electron chi connectivity index (χ2n) is 5.99. The molecule has 1 aliphatic heterocycles. The highest BCUT2D eigenvalue weighted by Gasteiger charge is 2.21. The summed E-state index contributed by atoms with van der Waals surface area (Å²) < 4.78 is 2.02. The first-order valence-electron chi connectivity index (χ1n) is 8.27. The summed E-state index contributed by atoms with van der Waals surface area (Å²) in [5, 5.41) is 15.7. The third-order valence-corrected chi connectivity index (χ3v) is 5.22. The van der Waals surface area contributed by atoms with Gasteiger partial charge < -0.3 is 15.2 Å². The van der Waals surface area contributed by atoms with Gasteiger partial charge in [0.15, 0.2) is 5.16 Å². The van der Waals surface area contributed by atoms with Crippen molar-refractivity contribution < 1.29 is 4.79 Å². The minimum absolute atomic E-state index is 0.00716. The Morgan fingerprint density at radius 1 is 1.38 bits per heavy atom. The number of amides is 1. The van der Waals surface area contributed by atoms with Crippen LogP contribution in [0, 0.1) is 0 Å². The highest BCUT2D eigenvalue weighted by molar-refractivity contribution is 7.99. The van der Waals surface area contributed by atoms with E-state index in [-0.39, 0.29) is 5.91 Å². The molecule has 2 N–H and O–H groups in total. The van der Waals surface area contributed by atoms with Crippen LogP contribution in [0.4, 0.5) is 0 Å². The van der Waals surface area contributed by atoms with Gasteiger partial charge in [0.1, 0.15) is 5.82 Å². The molecular formula is C17H23N5OS. The Bertz CT molecular complexity index is 667. The van der Waals surface area contributed by atoms with Gasteiger partial charge in [0.2, 0.25) is 5.91 Å². The van der Waals surface area contributed by atoms with Crippen molar-refractivity contribution in [1.29, 1.82) is 0 Å². The molecule has 1 aromatic carbocycles. The average molecular weight is 345 g/mol. The van der Waals surface area contributed by atoms with E-state index in [2.05, 4.69) is 20.8 Å². The molecule has 0 saturated carbocycles. The average Bonchev–Trinajstić information content (AvgIpc) is 3.00. The van der Waals surface area contributed by atoms with Crippen molar-refractivity contribution in [2.75, 3.05) is 18.8 Å². The third-order valence-electron chi connectivity index (χ3n) is 4.20. The lowest BCUT2D eigenvalue weighted by Gasteiger charge is -2.21. The normalized spacial score (nSPS) is 17.6. The second-order valence-corrected chi connectivity index (χ2v) is 6.94. The molecule has 0 bridgehead atoms. The lowest BCUT2D eigenvalue weighted by Crippen LogP contribution is -2.29. The Hall–Kier alpha value is -1.86. The smallest absolute Gasteiger partial charge is 0.230 e. The number of carbonyl (C=O) groups is 1. The molecule has 1 unspecified atom stereocenters. The molecule has 1 fully saturated rings. The number of hydrogen-bond donors (Lipinski definition) is 2. The third kappa shape index (κ3) is 4.36. The molecule has 1 saturated heterocycles. The van der Waals surface area contributed by atoms with Crippen LogP contribution in [0.1, 0.15) is 30.1 Å².